The second-order valence-corrected chi connectivity index (χ2v) is 8.44. The molecule has 5 rings (SSSR count). The molecular formula is C25H26ClN5O2. The third-order valence-corrected chi connectivity index (χ3v) is 6.14. The maximum absolute atomic E-state index is 6.40. The number of nitrogens with zero attached hydrogens (tertiary/aromatic N) is 4. The molecule has 33 heavy (non-hydrogen) atoms. The summed E-state index contributed by atoms with van der Waals surface area (Å²) < 4.78 is 13.3. The highest BCUT2D eigenvalue weighted by Crippen LogP contribution is 2.31. The number of hydrogen-bond acceptors (Lipinski definition) is 6. The minimum atomic E-state index is 0.502. The fourth-order valence-electron chi connectivity index (χ4n) is 3.86. The molecule has 0 amide bonds. The van der Waals surface area contributed by atoms with E-state index < -0.39 is 0 Å². The quantitative estimate of drug-likeness (QED) is 0.421. The number of anilines is 1. The molecule has 3 heterocycles. The van der Waals surface area contributed by atoms with Crippen molar-refractivity contribution in [3.8, 4) is 22.8 Å². The lowest BCUT2D eigenvalue weighted by molar-refractivity contribution is 0.0398. The van der Waals surface area contributed by atoms with E-state index in [1.54, 1.807) is 0 Å². The Morgan fingerprint density at radius 1 is 1.09 bits per heavy atom. The van der Waals surface area contributed by atoms with Gasteiger partial charge in [-0.2, -0.15) is 14.6 Å². The van der Waals surface area contributed by atoms with Gasteiger partial charge >= 0.3 is 0 Å². The van der Waals surface area contributed by atoms with Crippen molar-refractivity contribution in [3.05, 3.63) is 71.4 Å². The molecule has 0 spiro atoms. The first-order chi connectivity index (χ1) is 16.2. The van der Waals surface area contributed by atoms with E-state index in [0.717, 1.165) is 67.7 Å². The van der Waals surface area contributed by atoms with Gasteiger partial charge in [0, 0.05) is 42.8 Å². The molecule has 0 bridgehead atoms. The Kier molecular flexibility index (Phi) is 6.44. The number of benzene rings is 2. The van der Waals surface area contributed by atoms with Crippen LogP contribution in [0.2, 0.25) is 5.02 Å². The van der Waals surface area contributed by atoms with Gasteiger partial charge < -0.3 is 14.8 Å². The summed E-state index contributed by atoms with van der Waals surface area (Å²) in [5.41, 5.74) is 3.59. The molecule has 1 saturated heterocycles. The van der Waals surface area contributed by atoms with Crippen molar-refractivity contribution in [1.82, 2.24) is 19.5 Å². The summed E-state index contributed by atoms with van der Waals surface area (Å²) in [5.74, 6) is 2.05. The number of nitrogens with one attached hydrogen (secondary N) is 1. The molecule has 0 aliphatic carbocycles. The van der Waals surface area contributed by atoms with E-state index in [2.05, 4.69) is 15.3 Å². The molecule has 170 valence electrons. The number of hydrogen-bond donors (Lipinski definition) is 1. The minimum Gasteiger partial charge on any atom is -0.439 e. The lowest BCUT2D eigenvalue weighted by Gasteiger charge is -2.26. The predicted octanol–water partition coefficient (Wildman–Crippen LogP) is 4.89. The van der Waals surface area contributed by atoms with Crippen molar-refractivity contribution in [3.63, 3.8) is 0 Å². The summed E-state index contributed by atoms with van der Waals surface area (Å²) in [6.07, 6.45) is 1.82. The van der Waals surface area contributed by atoms with Gasteiger partial charge in [-0.25, -0.2) is 0 Å². The van der Waals surface area contributed by atoms with E-state index in [0.29, 0.717) is 16.5 Å². The Labute approximate surface area is 197 Å². The summed E-state index contributed by atoms with van der Waals surface area (Å²) in [6, 6.07) is 17.5. The molecule has 0 unspecified atom stereocenters. The van der Waals surface area contributed by atoms with Gasteiger partial charge in [0.25, 0.3) is 0 Å². The number of aryl methyl sites for hydroxylation is 1. The maximum Gasteiger partial charge on any atom is 0.224 e. The molecule has 2 aromatic heterocycles. The van der Waals surface area contributed by atoms with E-state index >= 15 is 0 Å². The van der Waals surface area contributed by atoms with Gasteiger partial charge in [-0.3, -0.25) is 4.90 Å². The highest BCUT2D eigenvalue weighted by Gasteiger charge is 2.16. The van der Waals surface area contributed by atoms with Crippen molar-refractivity contribution in [2.45, 2.75) is 6.92 Å². The first-order valence-corrected chi connectivity index (χ1v) is 11.5. The number of aromatic nitrogens is 3. The van der Waals surface area contributed by atoms with Gasteiger partial charge in [-0.15, -0.1) is 0 Å². The monoisotopic (exact) mass is 463 g/mol. The predicted molar refractivity (Wildman–Crippen MR) is 130 cm³/mol. The molecule has 1 aliphatic heterocycles. The van der Waals surface area contributed by atoms with Crippen LogP contribution in [-0.2, 0) is 4.74 Å². The number of ether oxygens (including phenoxy) is 2. The summed E-state index contributed by atoms with van der Waals surface area (Å²) in [7, 11) is 0. The van der Waals surface area contributed by atoms with Crippen molar-refractivity contribution in [2.24, 2.45) is 0 Å². The molecule has 7 nitrogen and oxygen atoms in total. The van der Waals surface area contributed by atoms with E-state index in [9.17, 15) is 0 Å². The number of halogens is 1. The zero-order chi connectivity index (χ0) is 22.6. The third-order valence-electron chi connectivity index (χ3n) is 5.73. The lowest BCUT2D eigenvalue weighted by atomic mass is 10.1. The average molecular weight is 464 g/mol. The Hall–Kier alpha value is -3.13. The summed E-state index contributed by atoms with van der Waals surface area (Å²) >= 11 is 6.40. The Bertz CT molecular complexity index is 1240. The van der Waals surface area contributed by atoms with E-state index in [1.807, 2.05) is 72.2 Å². The van der Waals surface area contributed by atoms with Crippen LogP contribution in [-0.4, -0.2) is 58.9 Å². The molecular weight excluding hydrogens is 438 g/mol. The van der Waals surface area contributed by atoms with E-state index in [1.165, 1.54) is 0 Å². The summed E-state index contributed by atoms with van der Waals surface area (Å²) in [4.78, 5) is 7.17. The van der Waals surface area contributed by atoms with Crippen LogP contribution in [0.3, 0.4) is 0 Å². The highest BCUT2D eigenvalue weighted by molar-refractivity contribution is 6.31. The topological polar surface area (TPSA) is 63.9 Å². The molecule has 2 aromatic carbocycles. The highest BCUT2D eigenvalue weighted by atomic mass is 35.5. The number of fused-ring (bicyclic) bond motifs is 1. The van der Waals surface area contributed by atoms with Crippen LogP contribution >= 0.6 is 11.6 Å². The van der Waals surface area contributed by atoms with Gasteiger partial charge in [-0.05, 0) is 36.2 Å². The van der Waals surface area contributed by atoms with E-state index in [-0.39, 0.29) is 0 Å². The second-order valence-electron chi connectivity index (χ2n) is 8.03. The first kappa shape index (κ1) is 21.7. The summed E-state index contributed by atoms with van der Waals surface area (Å²) in [5, 5.41) is 8.85. The van der Waals surface area contributed by atoms with Crippen LogP contribution in [0.4, 0.5) is 5.82 Å². The van der Waals surface area contributed by atoms with Crippen LogP contribution in [0.25, 0.3) is 16.8 Å². The Morgan fingerprint density at radius 3 is 2.70 bits per heavy atom. The van der Waals surface area contributed by atoms with Crippen molar-refractivity contribution in [2.75, 3.05) is 44.7 Å². The third kappa shape index (κ3) is 4.95. The normalized spacial score (nSPS) is 14.5. The number of rotatable bonds is 7. The van der Waals surface area contributed by atoms with Gasteiger partial charge in [0.2, 0.25) is 5.88 Å². The Morgan fingerprint density at radius 2 is 1.91 bits per heavy atom. The fraction of sp³-hybridized carbons (Fsp3) is 0.280. The Balaban J connectivity index is 1.48. The minimum absolute atomic E-state index is 0.502. The molecule has 8 heteroatoms. The SMILES string of the molecule is Cc1ccc(-c2cnn3c(NCCN4CCOCC4)cc(Oc4ccccc4)nc23)cc1Cl. The van der Waals surface area contributed by atoms with Gasteiger partial charge in [0.15, 0.2) is 5.65 Å². The zero-order valence-electron chi connectivity index (χ0n) is 18.5. The molecule has 1 aliphatic rings. The fourth-order valence-corrected chi connectivity index (χ4v) is 4.04. The number of para-hydroxylation sites is 1. The standard InChI is InChI=1S/C25H26ClN5O2/c1-18-7-8-19(15-22(18)26)21-17-28-31-23(27-9-10-30-11-13-32-14-12-30)16-24(29-25(21)31)33-20-5-3-2-4-6-20/h2-8,15-17,27H,9-14H2,1H3. The zero-order valence-corrected chi connectivity index (χ0v) is 19.3. The molecule has 4 aromatic rings. The van der Waals surface area contributed by atoms with Gasteiger partial charge in [0.05, 0.1) is 19.4 Å². The summed E-state index contributed by atoms with van der Waals surface area (Å²) in [6.45, 7) is 7.17. The van der Waals surface area contributed by atoms with Crippen LogP contribution in [0.5, 0.6) is 11.6 Å². The maximum atomic E-state index is 6.40. The van der Waals surface area contributed by atoms with Crippen LogP contribution in [0.1, 0.15) is 5.56 Å². The second kappa shape index (κ2) is 9.79. The number of morpholine rings is 1. The van der Waals surface area contributed by atoms with Crippen molar-refractivity contribution < 1.29 is 9.47 Å². The molecule has 0 radical (unpaired) electrons. The molecule has 0 atom stereocenters. The average Bonchev–Trinajstić information content (AvgIpc) is 3.26. The van der Waals surface area contributed by atoms with Crippen molar-refractivity contribution in [1.29, 1.82) is 0 Å². The van der Waals surface area contributed by atoms with Crippen LogP contribution < -0.4 is 10.1 Å². The van der Waals surface area contributed by atoms with Gasteiger partial charge in [-0.1, -0.05) is 41.9 Å². The van der Waals surface area contributed by atoms with E-state index in [4.69, 9.17) is 26.1 Å². The molecule has 1 N–H and O–H groups in total. The largest absolute Gasteiger partial charge is 0.439 e. The smallest absolute Gasteiger partial charge is 0.224 e. The first-order valence-electron chi connectivity index (χ1n) is 11.1. The lowest BCUT2D eigenvalue weighted by Crippen LogP contribution is -2.39. The van der Waals surface area contributed by atoms with Crippen LogP contribution in [0.15, 0.2) is 60.8 Å². The van der Waals surface area contributed by atoms with Crippen LogP contribution in [0, 0.1) is 6.92 Å². The molecule has 0 saturated carbocycles. The molecule has 1 fully saturated rings. The van der Waals surface area contributed by atoms with Gasteiger partial charge in [0.1, 0.15) is 11.6 Å². The van der Waals surface area contributed by atoms with Crippen molar-refractivity contribution >= 4 is 23.1 Å².